The predicted octanol–water partition coefficient (Wildman–Crippen LogP) is 1.90. The lowest BCUT2D eigenvalue weighted by molar-refractivity contribution is -0.148. The fourth-order valence-electron chi connectivity index (χ4n) is 1.59. The van der Waals surface area contributed by atoms with Crippen LogP contribution in [0.2, 0.25) is 10.0 Å². The van der Waals surface area contributed by atoms with Gasteiger partial charge in [0.2, 0.25) is 5.91 Å². The Morgan fingerprint density at radius 1 is 1.20 bits per heavy atom. The number of rotatable bonds is 9. The molecule has 9 heteroatoms. The van der Waals surface area contributed by atoms with Crippen LogP contribution in [0.25, 0.3) is 0 Å². The lowest BCUT2D eigenvalue weighted by Crippen LogP contribution is -2.38. The molecule has 0 aliphatic rings. The van der Waals surface area contributed by atoms with E-state index in [-0.39, 0.29) is 25.5 Å². The standard InChI is InChI=1S/C16H20Cl2N2O5/c1-20(2)15(22)9-19-14(21)10-25-16(23)4-3-7-24-13-6-5-11(17)8-12(13)18/h5-6,8H,3-4,7,9-10H2,1-2H3,(H,19,21). The number of nitrogens with one attached hydrogen (secondary N) is 1. The second-order valence-corrected chi connectivity index (χ2v) is 6.10. The summed E-state index contributed by atoms with van der Waals surface area (Å²) in [4.78, 5) is 35.6. The molecule has 1 aromatic carbocycles. The van der Waals surface area contributed by atoms with E-state index < -0.39 is 18.5 Å². The monoisotopic (exact) mass is 390 g/mol. The average Bonchev–Trinajstić information content (AvgIpc) is 2.56. The van der Waals surface area contributed by atoms with Gasteiger partial charge in [0.05, 0.1) is 18.2 Å². The molecule has 0 aliphatic heterocycles. The third-order valence-corrected chi connectivity index (χ3v) is 3.51. The van der Waals surface area contributed by atoms with Crippen molar-refractivity contribution in [3.05, 3.63) is 28.2 Å². The SMILES string of the molecule is CN(C)C(=O)CNC(=O)COC(=O)CCCOc1ccc(Cl)cc1Cl. The van der Waals surface area contributed by atoms with Crippen LogP contribution >= 0.6 is 23.2 Å². The molecule has 138 valence electrons. The number of carbonyl (C=O) groups is 3. The number of halogens is 2. The van der Waals surface area contributed by atoms with Gasteiger partial charge in [0, 0.05) is 25.5 Å². The van der Waals surface area contributed by atoms with Crippen molar-refractivity contribution in [2.24, 2.45) is 0 Å². The van der Waals surface area contributed by atoms with Crippen molar-refractivity contribution in [1.29, 1.82) is 0 Å². The summed E-state index contributed by atoms with van der Waals surface area (Å²) in [7, 11) is 3.15. The van der Waals surface area contributed by atoms with Crippen LogP contribution in [0.4, 0.5) is 0 Å². The molecule has 7 nitrogen and oxygen atoms in total. The van der Waals surface area contributed by atoms with E-state index in [9.17, 15) is 14.4 Å². The maximum atomic E-state index is 11.5. The van der Waals surface area contributed by atoms with Crippen LogP contribution in [0.1, 0.15) is 12.8 Å². The average molecular weight is 391 g/mol. The molecular weight excluding hydrogens is 371 g/mol. The van der Waals surface area contributed by atoms with E-state index in [1.807, 2.05) is 0 Å². The predicted molar refractivity (Wildman–Crippen MR) is 93.9 cm³/mol. The van der Waals surface area contributed by atoms with Crippen molar-refractivity contribution >= 4 is 41.0 Å². The van der Waals surface area contributed by atoms with Crippen molar-refractivity contribution < 1.29 is 23.9 Å². The van der Waals surface area contributed by atoms with Gasteiger partial charge in [-0.25, -0.2) is 0 Å². The van der Waals surface area contributed by atoms with Gasteiger partial charge in [-0.05, 0) is 24.6 Å². The highest BCUT2D eigenvalue weighted by atomic mass is 35.5. The largest absolute Gasteiger partial charge is 0.492 e. The Labute approximate surface area is 156 Å². The third-order valence-electron chi connectivity index (χ3n) is 2.98. The normalized spacial score (nSPS) is 10.1. The molecule has 0 aliphatic carbocycles. The first kappa shape index (κ1) is 21.1. The van der Waals surface area contributed by atoms with Crippen LogP contribution in [-0.2, 0) is 19.1 Å². The van der Waals surface area contributed by atoms with Gasteiger partial charge in [-0.3, -0.25) is 14.4 Å². The summed E-state index contributed by atoms with van der Waals surface area (Å²) in [6.45, 7) is -0.303. The van der Waals surface area contributed by atoms with Gasteiger partial charge in [0.1, 0.15) is 5.75 Å². The lowest BCUT2D eigenvalue weighted by Gasteiger charge is -2.11. The molecule has 0 unspecified atom stereocenters. The molecular formula is C16H20Cl2N2O5. The van der Waals surface area contributed by atoms with Crippen LogP contribution in [0.3, 0.4) is 0 Å². The highest BCUT2D eigenvalue weighted by Crippen LogP contribution is 2.27. The number of likely N-dealkylation sites (N-methyl/N-ethyl adjacent to an activating group) is 1. The number of nitrogens with zero attached hydrogens (tertiary/aromatic N) is 1. The van der Waals surface area contributed by atoms with Gasteiger partial charge in [-0.2, -0.15) is 0 Å². The molecule has 0 saturated carbocycles. The van der Waals surface area contributed by atoms with E-state index in [1.165, 1.54) is 4.90 Å². The van der Waals surface area contributed by atoms with E-state index in [1.54, 1.807) is 32.3 Å². The zero-order valence-electron chi connectivity index (χ0n) is 14.0. The maximum absolute atomic E-state index is 11.5. The van der Waals surface area contributed by atoms with Crippen molar-refractivity contribution in [3.8, 4) is 5.75 Å². The van der Waals surface area contributed by atoms with Crippen molar-refractivity contribution in [3.63, 3.8) is 0 Å². The lowest BCUT2D eigenvalue weighted by atomic mass is 10.3. The number of ether oxygens (including phenoxy) is 2. The maximum Gasteiger partial charge on any atom is 0.306 e. The van der Waals surface area contributed by atoms with E-state index in [4.69, 9.17) is 32.7 Å². The highest BCUT2D eigenvalue weighted by Gasteiger charge is 2.10. The second-order valence-electron chi connectivity index (χ2n) is 5.25. The number of amides is 2. The number of esters is 1. The summed E-state index contributed by atoms with van der Waals surface area (Å²) in [6, 6.07) is 4.85. The van der Waals surface area contributed by atoms with Gasteiger partial charge in [-0.1, -0.05) is 23.2 Å². The molecule has 25 heavy (non-hydrogen) atoms. The Kier molecular flexibility index (Phi) is 9.08. The zero-order valence-corrected chi connectivity index (χ0v) is 15.5. The Morgan fingerprint density at radius 3 is 2.56 bits per heavy atom. The molecule has 0 aromatic heterocycles. The minimum atomic E-state index is -0.534. The van der Waals surface area contributed by atoms with Crippen LogP contribution < -0.4 is 10.1 Å². The van der Waals surface area contributed by atoms with Crippen LogP contribution in [0.5, 0.6) is 5.75 Å². The number of hydrogen-bond acceptors (Lipinski definition) is 5. The van der Waals surface area contributed by atoms with Gasteiger partial charge in [0.25, 0.3) is 5.91 Å². The number of benzene rings is 1. The summed E-state index contributed by atoms with van der Waals surface area (Å²) in [5.74, 6) is -0.838. The summed E-state index contributed by atoms with van der Waals surface area (Å²) >= 11 is 11.7. The van der Waals surface area contributed by atoms with E-state index in [0.29, 0.717) is 22.2 Å². The molecule has 1 rings (SSSR count). The number of carbonyl (C=O) groups excluding carboxylic acids is 3. The van der Waals surface area contributed by atoms with E-state index >= 15 is 0 Å². The molecule has 0 spiro atoms. The zero-order chi connectivity index (χ0) is 18.8. The quantitative estimate of drug-likeness (QED) is 0.514. The minimum Gasteiger partial charge on any atom is -0.492 e. The summed E-state index contributed by atoms with van der Waals surface area (Å²) in [6.07, 6.45) is 0.494. The Hall–Kier alpha value is -1.99. The fourth-order valence-corrected chi connectivity index (χ4v) is 2.06. The molecule has 0 heterocycles. The Morgan fingerprint density at radius 2 is 1.92 bits per heavy atom. The summed E-state index contributed by atoms with van der Waals surface area (Å²) < 4.78 is 10.2. The van der Waals surface area contributed by atoms with Gasteiger partial charge < -0.3 is 19.7 Å². The van der Waals surface area contributed by atoms with Crippen LogP contribution in [-0.4, -0.2) is 56.5 Å². The first-order valence-corrected chi connectivity index (χ1v) is 8.25. The molecule has 0 fully saturated rings. The first-order chi connectivity index (χ1) is 11.8. The molecule has 1 N–H and O–H groups in total. The summed E-state index contributed by atoms with van der Waals surface area (Å²) in [5, 5.41) is 3.26. The van der Waals surface area contributed by atoms with Crippen LogP contribution in [0, 0.1) is 0 Å². The van der Waals surface area contributed by atoms with Crippen molar-refractivity contribution in [1.82, 2.24) is 10.2 Å². The molecule has 0 radical (unpaired) electrons. The van der Waals surface area contributed by atoms with Crippen LogP contribution in [0.15, 0.2) is 18.2 Å². The Balaban J connectivity index is 2.16. The first-order valence-electron chi connectivity index (χ1n) is 7.50. The van der Waals surface area contributed by atoms with E-state index in [0.717, 1.165) is 0 Å². The van der Waals surface area contributed by atoms with Crippen molar-refractivity contribution in [2.75, 3.05) is 33.9 Å². The third kappa shape index (κ3) is 8.60. The Bertz CT molecular complexity index is 623. The second kappa shape index (κ2) is 10.8. The molecule has 1 aromatic rings. The highest BCUT2D eigenvalue weighted by molar-refractivity contribution is 6.35. The molecule has 0 bridgehead atoms. The fraction of sp³-hybridized carbons (Fsp3) is 0.438. The molecule has 0 atom stereocenters. The van der Waals surface area contributed by atoms with Crippen molar-refractivity contribution in [2.45, 2.75) is 12.8 Å². The van der Waals surface area contributed by atoms with E-state index in [2.05, 4.69) is 5.32 Å². The molecule has 2 amide bonds. The van der Waals surface area contributed by atoms with Gasteiger partial charge in [-0.15, -0.1) is 0 Å². The van der Waals surface area contributed by atoms with Gasteiger partial charge in [0.15, 0.2) is 6.61 Å². The van der Waals surface area contributed by atoms with Gasteiger partial charge >= 0.3 is 5.97 Å². The topological polar surface area (TPSA) is 84.9 Å². The minimum absolute atomic E-state index is 0.0924. The number of hydrogen-bond donors (Lipinski definition) is 1. The molecule has 0 saturated heterocycles. The smallest absolute Gasteiger partial charge is 0.306 e. The summed E-state index contributed by atoms with van der Waals surface area (Å²) in [5.41, 5.74) is 0.